The molecule has 0 aromatic carbocycles. The number of rotatable bonds is 5. The molecule has 0 aliphatic heterocycles. The number of hydrogen-bond donors (Lipinski definition) is 1. The van der Waals surface area contributed by atoms with Gasteiger partial charge in [-0.3, -0.25) is 4.79 Å². The lowest BCUT2D eigenvalue weighted by Crippen LogP contribution is -2.28. The van der Waals surface area contributed by atoms with E-state index in [0.717, 1.165) is 17.8 Å². The van der Waals surface area contributed by atoms with Crippen LogP contribution in [0.3, 0.4) is 0 Å². The van der Waals surface area contributed by atoms with Crippen LogP contribution in [0.4, 0.5) is 5.82 Å². The SMILES string of the molecule is CCC(C)C(=O)NCc1ccc(N(C)C)nc1. The Morgan fingerprint density at radius 3 is 2.65 bits per heavy atom. The van der Waals surface area contributed by atoms with Gasteiger partial charge in [0.05, 0.1) is 0 Å². The number of hydrogen-bond acceptors (Lipinski definition) is 3. The van der Waals surface area contributed by atoms with E-state index in [1.807, 2.05) is 45.0 Å². The van der Waals surface area contributed by atoms with Crippen LogP contribution in [0, 0.1) is 5.92 Å². The van der Waals surface area contributed by atoms with Crippen LogP contribution in [0.1, 0.15) is 25.8 Å². The second kappa shape index (κ2) is 6.23. The average molecular weight is 235 g/mol. The van der Waals surface area contributed by atoms with Crippen LogP contribution in [0.15, 0.2) is 18.3 Å². The Balaban J connectivity index is 2.50. The van der Waals surface area contributed by atoms with Gasteiger partial charge in [-0.2, -0.15) is 0 Å². The number of anilines is 1. The largest absolute Gasteiger partial charge is 0.363 e. The summed E-state index contributed by atoms with van der Waals surface area (Å²) in [5.74, 6) is 1.09. The molecule has 1 N–H and O–H groups in total. The van der Waals surface area contributed by atoms with Crippen molar-refractivity contribution >= 4 is 11.7 Å². The van der Waals surface area contributed by atoms with Gasteiger partial charge in [-0.05, 0) is 18.1 Å². The first-order valence-corrected chi connectivity index (χ1v) is 5.94. The smallest absolute Gasteiger partial charge is 0.223 e. The summed E-state index contributed by atoms with van der Waals surface area (Å²) in [7, 11) is 3.90. The predicted molar refractivity (Wildman–Crippen MR) is 69.9 cm³/mol. The van der Waals surface area contributed by atoms with Crippen molar-refractivity contribution in [3.63, 3.8) is 0 Å². The van der Waals surface area contributed by atoms with Crippen LogP contribution < -0.4 is 10.2 Å². The highest BCUT2D eigenvalue weighted by atomic mass is 16.1. The van der Waals surface area contributed by atoms with Gasteiger partial charge in [0, 0.05) is 32.8 Å². The molecular formula is C13H21N3O. The topological polar surface area (TPSA) is 45.2 Å². The lowest BCUT2D eigenvalue weighted by molar-refractivity contribution is -0.124. The van der Waals surface area contributed by atoms with Crippen molar-refractivity contribution in [2.45, 2.75) is 26.8 Å². The van der Waals surface area contributed by atoms with Gasteiger partial charge in [0.25, 0.3) is 0 Å². The summed E-state index contributed by atoms with van der Waals surface area (Å²) in [6, 6.07) is 3.93. The molecule has 1 heterocycles. The Kier molecular flexibility index (Phi) is 4.94. The number of nitrogens with one attached hydrogen (secondary N) is 1. The van der Waals surface area contributed by atoms with Gasteiger partial charge in [0.15, 0.2) is 0 Å². The van der Waals surface area contributed by atoms with Crippen molar-refractivity contribution in [3.8, 4) is 0 Å². The van der Waals surface area contributed by atoms with Crippen molar-refractivity contribution < 1.29 is 4.79 Å². The second-order valence-electron chi connectivity index (χ2n) is 4.45. The number of amides is 1. The van der Waals surface area contributed by atoms with Gasteiger partial charge in [0.1, 0.15) is 5.82 Å². The zero-order valence-corrected chi connectivity index (χ0v) is 11.0. The van der Waals surface area contributed by atoms with Gasteiger partial charge < -0.3 is 10.2 Å². The highest BCUT2D eigenvalue weighted by Gasteiger charge is 2.09. The van der Waals surface area contributed by atoms with Crippen molar-refractivity contribution in [1.29, 1.82) is 0 Å². The first kappa shape index (κ1) is 13.5. The average Bonchev–Trinajstić information content (AvgIpc) is 2.35. The summed E-state index contributed by atoms with van der Waals surface area (Å²) in [4.78, 5) is 17.8. The Morgan fingerprint density at radius 1 is 1.47 bits per heavy atom. The normalized spacial score (nSPS) is 12.0. The van der Waals surface area contributed by atoms with Gasteiger partial charge in [0.2, 0.25) is 5.91 Å². The predicted octanol–water partition coefficient (Wildman–Crippen LogP) is 1.81. The Hall–Kier alpha value is -1.58. The molecule has 0 saturated heterocycles. The lowest BCUT2D eigenvalue weighted by Gasteiger charge is -2.12. The first-order chi connectivity index (χ1) is 8.04. The van der Waals surface area contributed by atoms with Gasteiger partial charge >= 0.3 is 0 Å². The molecule has 1 atom stereocenters. The monoisotopic (exact) mass is 235 g/mol. The zero-order chi connectivity index (χ0) is 12.8. The Labute approximate surface area is 103 Å². The minimum atomic E-state index is 0.0732. The number of aromatic nitrogens is 1. The highest BCUT2D eigenvalue weighted by Crippen LogP contribution is 2.08. The third-order valence-corrected chi connectivity index (χ3v) is 2.79. The van der Waals surface area contributed by atoms with E-state index in [1.165, 1.54) is 0 Å². The van der Waals surface area contributed by atoms with E-state index in [0.29, 0.717) is 6.54 Å². The quantitative estimate of drug-likeness (QED) is 0.846. The van der Waals surface area contributed by atoms with E-state index in [-0.39, 0.29) is 11.8 Å². The summed E-state index contributed by atoms with van der Waals surface area (Å²) in [6.07, 6.45) is 2.66. The summed E-state index contributed by atoms with van der Waals surface area (Å²) >= 11 is 0. The molecule has 1 aromatic heterocycles. The molecule has 1 amide bonds. The van der Waals surface area contributed by atoms with E-state index in [4.69, 9.17) is 0 Å². The number of pyridine rings is 1. The molecule has 1 rings (SSSR count). The molecule has 4 heteroatoms. The summed E-state index contributed by atoms with van der Waals surface area (Å²) in [5.41, 5.74) is 1.02. The minimum Gasteiger partial charge on any atom is -0.363 e. The van der Waals surface area contributed by atoms with Crippen LogP contribution >= 0.6 is 0 Å². The molecule has 4 nitrogen and oxygen atoms in total. The maximum Gasteiger partial charge on any atom is 0.223 e. The van der Waals surface area contributed by atoms with E-state index in [2.05, 4.69) is 10.3 Å². The fourth-order valence-electron chi connectivity index (χ4n) is 1.33. The highest BCUT2D eigenvalue weighted by molar-refractivity contribution is 5.78. The van der Waals surface area contributed by atoms with Crippen LogP contribution in [-0.4, -0.2) is 25.0 Å². The molecular weight excluding hydrogens is 214 g/mol. The van der Waals surface area contributed by atoms with Crippen LogP contribution in [0.25, 0.3) is 0 Å². The summed E-state index contributed by atoms with van der Waals surface area (Å²) < 4.78 is 0. The third kappa shape index (κ3) is 4.06. The van der Waals surface area contributed by atoms with Crippen molar-refractivity contribution in [1.82, 2.24) is 10.3 Å². The van der Waals surface area contributed by atoms with E-state index in [9.17, 15) is 4.79 Å². The van der Waals surface area contributed by atoms with Crippen LogP contribution in [0.2, 0.25) is 0 Å². The molecule has 0 saturated carbocycles. The van der Waals surface area contributed by atoms with Crippen molar-refractivity contribution in [2.75, 3.05) is 19.0 Å². The molecule has 0 fully saturated rings. The number of carbonyl (C=O) groups excluding carboxylic acids is 1. The minimum absolute atomic E-state index is 0.0732. The summed E-state index contributed by atoms with van der Waals surface area (Å²) in [5, 5.41) is 2.91. The van der Waals surface area contributed by atoms with Gasteiger partial charge in [-0.1, -0.05) is 19.9 Å². The van der Waals surface area contributed by atoms with E-state index < -0.39 is 0 Å². The lowest BCUT2D eigenvalue weighted by atomic mass is 10.1. The first-order valence-electron chi connectivity index (χ1n) is 5.94. The van der Waals surface area contributed by atoms with Gasteiger partial charge in [-0.15, -0.1) is 0 Å². The maximum absolute atomic E-state index is 11.6. The molecule has 0 spiro atoms. The molecule has 0 aliphatic rings. The Bertz CT molecular complexity index is 359. The molecule has 17 heavy (non-hydrogen) atoms. The molecule has 94 valence electrons. The van der Waals surface area contributed by atoms with E-state index >= 15 is 0 Å². The molecule has 1 aromatic rings. The Morgan fingerprint density at radius 2 is 2.18 bits per heavy atom. The maximum atomic E-state index is 11.6. The fraction of sp³-hybridized carbons (Fsp3) is 0.538. The van der Waals surface area contributed by atoms with Crippen LogP contribution in [0.5, 0.6) is 0 Å². The van der Waals surface area contributed by atoms with E-state index in [1.54, 1.807) is 6.20 Å². The number of carbonyl (C=O) groups is 1. The fourth-order valence-corrected chi connectivity index (χ4v) is 1.33. The standard InChI is InChI=1S/C13H21N3O/c1-5-10(2)13(17)15-9-11-6-7-12(14-8-11)16(3)4/h6-8,10H,5,9H2,1-4H3,(H,15,17). The molecule has 0 bridgehead atoms. The molecule has 0 radical (unpaired) electrons. The van der Waals surface area contributed by atoms with Crippen molar-refractivity contribution in [3.05, 3.63) is 23.9 Å². The summed E-state index contributed by atoms with van der Waals surface area (Å²) in [6.45, 7) is 4.49. The molecule has 0 aliphatic carbocycles. The van der Waals surface area contributed by atoms with Crippen molar-refractivity contribution in [2.24, 2.45) is 5.92 Å². The number of nitrogens with zero attached hydrogens (tertiary/aromatic N) is 2. The van der Waals surface area contributed by atoms with Crippen LogP contribution in [-0.2, 0) is 11.3 Å². The third-order valence-electron chi connectivity index (χ3n) is 2.79. The second-order valence-corrected chi connectivity index (χ2v) is 4.45. The molecule has 1 unspecified atom stereocenters. The zero-order valence-electron chi connectivity index (χ0n) is 11.0. The van der Waals surface area contributed by atoms with Gasteiger partial charge in [-0.25, -0.2) is 4.98 Å².